The van der Waals surface area contributed by atoms with Gasteiger partial charge in [-0.25, -0.2) is 0 Å². The highest BCUT2D eigenvalue weighted by atomic mass is 35.6. The normalized spacial score (nSPS) is 12.9. The zero-order valence-corrected chi connectivity index (χ0v) is 13.8. The van der Waals surface area contributed by atoms with Gasteiger partial charge in [-0.05, 0) is 25.1 Å². The minimum atomic E-state index is -2.03. The van der Waals surface area contributed by atoms with E-state index in [0.717, 1.165) is 0 Å². The van der Waals surface area contributed by atoms with E-state index in [4.69, 9.17) is 55.9 Å². The zero-order chi connectivity index (χ0) is 15.3. The molecule has 4 nitrogen and oxygen atoms in total. The minimum absolute atomic E-state index is 0.154. The molecular weight excluding hydrogens is 348 g/mol. The maximum atomic E-state index is 11.5. The molecule has 0 aliphatic rings. The van der Waals surface area contributed by atoms with Crippen molar-refractivity contribution < 1.29 is 14.3 Å². The summed E-state index contributed by atoms with van der Waals surface area (Å²) in [5, 5.41) is 2.76. The quantitative estimate of drug-likeness (QED) is 0.805. The van der Waals surface area contributed by atoms with Crippen LogP contribution in [0.2, 0.25) is 5.02 Å². The van der Waals surface area contributed by atoms with E-state index in [9.17, 15) is 4.79 Å². The Morgan fingerprint density at radius 1 is 1.40 bits per heavy atom. The van der Waals surface area contributed by atoms with Gasteiger partial charge in [0, 0.05) is 12.8 Å². The second-order valence-electron chi connectivity index (χ2n) is 3.98. The molecule has 1 aromatic carbocycles. The molecule has 0 aliphatic carbocycles. The van der Waals surface area contributed by atoms with E-state index in [1.54, 1.807) is 19.2 Å². The fourth-order valence-electron chi connectivity index (χ4n) is 1.36. The van der Waals surface area contributed by atoms with Gasteiger partial charge in [0.05, 0.1) is 11.6 Å². The van der Waals surface area contributed by atoms with E-state index in [-0.39, 0.29) is 6.10 Å². The molecule has 1 amide bonds. The molecule has 0 aromatic heterocycles. The van der Waals surface area contributed by atoms with Crippen molar-refractivity contribution in [2.75, 3.05) is 19.0 Å². The summed E-state index contributed by atoms with van der Waals surface area (Å²) in [7, 11) is 1.58. The lowest BCUT2D eigenvalue weighted by Gasteiger charge is -2.16. The number of carbonyl (C=O) groups is 1. The molecule has 0 bridgehead atoms. The first kappa shape index (κ1) is 17.7. The first-order valence-electron chi connectivity index (χ1n) is 5.57. The van der Waals surface area contributed by atoms with Crippen molar-refractivity contribution in [1.82, 2.24) is 0 Å². The smallest absolute Gasteiger partial charge is 0.276 e. The van der Waals surface area contributed by atoms with Crippen LogP contribution in [0, 0.1) is 0 Å². The number of ether oxygens (including phenoxy) is 2. The van der Waals surface area contributed by atoms with E-state index >= 15 is 0 Å². The zero-order valence-electron chi connectivity index (χ0n) is 10.8. The highest BCUT2D eigenvalue weighted by molar-refractivity contribution is 6.76. The molecule has 1 rings (SSSR count). The summed E-state index contributed by atoms with van der Waals surface area (Å²) in [5.74, 6) is -0.289. The highest BCUT2D eigenvalue weighted by Gasteiger charge is 2.30. The Kier molecular flexibility index (Phi) is 6.69. The van der Waals surface area contributed by atoms with Gasteiger partial charge in [0.2, 0.25) is 0 Å². The van der Waals surface area contributed by atoms with Gasteiger partial charge in [0.15, 0.2) is 0 Å². The van der Waals surface area contributed by atoms with Crippen LogP contribution in [0.25, 0.3) is 0 Å². The van der Waals surface area contributed by atoms with Crippen molar-refractivity contribution in [3.05, 3.63) is 23.2 Å². The van der Waals surface area contributed by atoms with Crippen LogP contribution in [-0.4, -0.2) is 29.5 Å². The lowest BCUT2D eigenvalue weighted by Crippen LogP contribution is -2.26. The SMILES string of the molecule is COC[C@H](C)Oc1ccc(NC(=O)C(Cl)(Cl)Cl)cc1Cl. The van der Waals surface area contributed by atoms with E-state index in [2.05, 4.69) is 5.32 Å². The van der Waals surface area contributed by atoms with Gasteiger partial charge in [-0.1, -0.05) is 46.4 Å². The molecule has 112 valence electrons. The third-order valence-electron chi connectivity index (χ3n) is 2.18. The standard InChI is InChI=1S/C12H13Cl4NO3/c1-7(6-19-2)20-10-4-3-8(5-9(10)13)17-11(18)12(14,15)16/h3-5,7H,6H2,1-2H3,(H,17,18)/t7-/m0/s1. The second-order valence-corrected chi connectivity index (χ2v) is 6.67. The average molecular weight is 361 g/mol. The van der Waals surface area contributed by atoms with Crippen molar-refractivity contribution in [2.24, 2.45) is 0 Å². The fraction of sp³-hybridized carbons (Fsp3) is 0.417. The van der Waals surface area contributed by atoms with Crippen LogP contribution in [0.15, 0.2) is 18.2 Å². The third kappa shape index (κ3) is 5.54. The van der Waals surface area contributed by atoms with Gasteiger partial charge in [0.25, 0.3) is 9.70 Å². The first-order chi connectivity index (χ1) is 9.24. The van der Waals surface area contributed by atoms with Crippen LogP contribution in [0.5, 0.6) is 5.75 Å². The Morgan fingerprint density at radius 2 is 2.05 bits per heavy atom. The maximum Gasteiger partial charge on any atom is 0.276 e. The van der Waals surface area contributed by atoms with Crippen LogP contribution in [0.4, 0.5) is 5.69 Å². The van der Waals surface area contributed by atoms with E-state index < -0.39 is 9.70 Å². The molecular formula is C12H13Cl4NO3. The summed E-state index contributed by atoms with van der Waals surface area (Å²) < 4.78 is 8.49. The van der Waals surface area contributed by atoms with Crippen molar-refractivity contribution >= 4 is 58.0 Å². The average Bonchev–Trinajstić information content (AvgIpc) is 2.31. The van der Waals surface area contributed by atoms with Gasteiger partial charge in [-0.2, -0.15) is 0 Å². The van der Waals surface area contributed by atoms with Gasteiger partial charge in [-0.15, -0.1) is 0 Å². The van der Waals surface area contributed by atoms with E-state index in [1.807, 2.05) is 6.92 Å². The lowest BCUT2D eigenvalue weighted by molar-refractivity contribution is -0.115. The highest BCUT2D eigenvalue weighted by Crippen LogP contribution is 2.31. The van der Waals surface area contributed by atoms with Gasteiger partial charge >= 0.3 is 0 Å². The molecule has 0 fully saturated rings. The van der Waals surface area contributed by atoms with E-state index in [1.165, 1.54) is 6.07 Å². The number of anilines is 1. The molecule has 0 aliphatic heterocycles. The number of hydrogen-bond donors (Lipinski definition) is 1. The predicted molar refractivity (Wildman–Crippen MR) is 82.3 cm³/mol. The third-order valence-corrected chi connectivity index (χ3v) is 2.99. The first-order valence-corrected chi connectivity index (χ1v) is 7.08. The van der Waals surface area contributed by atoms with Crippen molar-refractivity contribution in [3.8, 4) is 5.75 Å². The van der Waals surface area contributed by atoms with Crippen LogP contribution in [-0.2, 0) is 9.53 Å². The summed E-state index contributed by atoms with van der Waals surface area (Å²) in [6.07, 6.45) is -0.154. The summed E-state index contributed by atoms with van der Waals surface area (Å²) in [5.41, 5.74) is 0.401. The Bertz CT molecular complexity index is 476. The molecule has 0 unspecified atom stereocenters. The number of methoxy groups -OCH3 is 1. The Hall–Kier alpha value is -0.390. The molecule has 20 heavy (non-hydrogen) atoms. The Labute approximate surface area is 137 Å². The van der Waals surface area contributed by atoms with Gasteiger partial charge in [0.1, 0.15) is 11.9 Å². The molecule has 0 saturated carbocycles. The molecule has 0 heterocycles. The molecule has 1 aromatic rings. The van der Waals surface area contributed by atoms with Crippen LogP contribution < -0.4 is 10.1 Å². The predicted octanol–water partition coefficient (Wildman–Crippen LogP) is 4.06. The minimum Gasteiger partial charge on any atom is -0.487 e. The maximum absolute atomic E-state index is 11.5. The second kappa shape index (κ2) is 7.57. The number of alkyl halides is 3. The number of hydrogen-bond acceptors (Lipinski definition) is 3. The number of rotatable bonds is 5. The number of nitrogens with one attached hydrogen (secondary N) is 1. The Morgan fingerprint density at radius 3 is 2.55 bits per heavy atom. The van der Waals surface area contributed by atoms with Crippen molar-refractivity contribution in [2.45, 2.75) is 16.8 Å². The lowest BCUT2D eigenvalue weighted by atomic mass is 10.3. The van der Waals surface area contributed by atoms with E-state index in [0.29, 0.717) is 23.1 Å². The van der Waals surface area contributed by atoms with Crippen LogP contribution in [0.1, 0.15) is 6.92 Å². The van der Waals surface area contributed by atoms with Crippen molar-refractivity contribution in [3.63, 3.8) is 0 Å². The topological polar surface area (TPSA) is 47.6 Å². The summed E-state index contributed by atoms with van der Waals surface area (Å²) >= 11 is 22.4. The number of benzene rings is 1. The van der Waals surface area contributed by atoms with Gasteiger partial charge in [-0.3, -0.25) is 4.79 Å². The molecule has 0 radical (unpaired) electrons. The van der Waals surface area contributed by atoms with Crippen molar-refractivity contribution in [1.29, 1.82) is 0 Å². The molecule has 1 N–H and O–H groups in total. The van der Waals surface area contributed by atoms with Crippen LogP contribution in [0.3, 0.4) is 0 Å². The fourth-order valence-corrected chi connectivity index (χ4v) is 1.73. The molecule has 8 heteroatoms. The largest absolute Gasteiger partial charge is 0.487 e. The molecule has 1 atom stereocenters. The van der Waals surface area contributed by atoms with Gasteiger partial charge < -0.3 is 14.8 Å². The number of amides is 1. The summed E-state index contributed by atoms with van der Waals surface area (Å²) in [6, 6.07) is 4.71. The number of halogens is 4. The number of carbonyl (C=O) groups excluding carboxylic acids is 1. The molecule has 0 saturated heterocycles. The summed E-state index contributed by atoms with van der Waals surface area (Å²) in [6.45, 7) is 2.28. The molecule has 0 spiro atoms. The summed E-state index contributed by atoms with van der Waals surface area (Å²) in [4.78, 5) is 11.5. The monoisotopic (exact) mass is 359 g/mol. The van der Waals surface area contributed by atoms with Crippen LogP contribution >= 0.6 is 46.4 Å². The Balaban J connectivity index is 2.75.